The molecule has 2 bridgehead atoms. The number of amides is 2. The van der Waals surface area contributed by atoms with E-state index in [-0.39, 0.29) is 29.6 Å². The van der Waals surface area contributed by atoms with Gasteiger partial charge in [-0.3, -0.25) is 9.59 Å². The van der Waals surface area contributed by atoms with Crippen LogP contribution >= 0.6 is 0 Å². The number of pyridine rings is 1. The summed E-state index contributed by atoms with van der Waals surface area (Å²) in [4.78, 5) is 32.3. The molecule has 1 aromatic heterocycles. The topological polar surface area (TPSA) is 83.6 Å². The summed E-state index contributed by atoms with van der Waals surface area (Å²) in [5.41, 5.74) is 1.23. The third-order valence-corrected chi connectivity index (χ3v) is 7.62. The molecule has 0 radical (unpaired) electrons. The highest BCUT2D eigenvalue weighted by Crippen LogP contribution is 2.38. The molecule has 2 N–H and O–H groups in total. The maximum Gasteiger partial charge on any atom is 0.253 e. The highest BCUT2D eigenvalue weighted by atomic mass is 19.1. The summed E-state index contributed by atoms with van der Waals surface area (Å²) in [5, 5.41) is 5.64. The second-order valence-electron chi connectivity index (χ2n) is 10.0. The number of anilines is 1. The van der Waals surface area contributed by atoms with Crippen molar-refractivity contribution >= 4 is 17.6 Å². The van der Waals surface area contributed by atoms with Gasteiger partial charge < -0.3 is 20.3 Å². The van der Waals surface area contributed by atoms with E-state index < -0.39 is 35.5 Å². The molecule has 7 nitrogen and oxygen atoms in total. The van der Waals surface area contributed by atoms with Gasteiger partial charge in [0.1, 0.15) is 29.0 Å². The number of benzene rings is 2. The van der Waals surface area contributed by atoms with Gasteiger partial charge in [-0.25, -0.2) is 18.2 Å². The molecule has 0 spiro atoms. The van der Waals surface area contributed by atoms with Crippen LogP contribution in [0, 0.1) is 24.4 Å². The van der Waals surface area contributed by atoms with Gasteiger partial charge in [-0.2, -0.15) is 0 Å². The van der Waals surface area contributed by atoms with E-state index in [4.69, 9.17) is 4.74 Å². The highest BCUT2D eigenvalue weighted by Gasteiger charge is 2.42. The van der Waals surface area contributed by atoms with Crippen molar-refractivity contribution in [1.82, 2.24) is 15.6 Å². The Labute approximate surface area is 224 Å². The Morgan fingerprint density at radius 2 is 1.72 bits per heavy atom. The number of piperidine rings is 1. The van der Waals surface area contributed by atoms with Gasteiger partial charge >= 0.3 is 0 Å². The molecule has 2 atom stereocenters. The van der Waals surface area contributed by atoms with E-state index in [2.05, 4.69) is 20.5 Å². The highest BCUT2D eigenvalue weighted by molar-refractivity contribution is 5.96. The summed E-state index contributed by atoms with van der Waals surface area (Å²) >= 11 is 0. The van der Waals surface area contributed by atoms with Crippen LogP contribution in [0.3, 0.4) is 0 Å². The maximum atomic E-state index is 13.9. The number of ether oxygens (including phenoxy) is 1. The van der Waals surface area contributed by atoms with Crippen LogP contribution in [0.5, 0.6) is 5.75 Å². The zero-order valence-corrected chi connectivity index (χ0v) is 21.6. The lowest BCUT2D eigenvalue weighted by molar-refractivity contribution is 0.0923. The molecule has 2 unspecified atom stereocenters. The van der Waals surface area contributed by atoms with Gasteiger partial charge in [0, 0.05) is 59.7 Å². The first-order valence-corrected chi connectivity index (χ1v) is 12.9. The molecule has 2 amide bonds. The monoisotopic (exact) mass is 538 g/mol. The Morgan fingerprint density at radius 3 is 2.33 bits per heavy atom. The first-order valence-electron chi connectivity index (χ1n) is 12.9. The lowest BCUT2D eigenvalue weighted by Gasteiger charge is -2.40. The maximum absolute atomic E-state index is 13.9. The van der Waals surface area contributed by atoms with Gasteiger partial charge in [-0.05, 0) is 56.9 Å². The van der Waals surface area contributed by atoms with Crippen molar-refractivity contribution in [2.75, 3.05) is 12.0 Å². The van der Waals surface area contributed by atoms with Crippen molar-refractivity contribution in [3.05, 3.63) is 88.4 Å². The first-order chi connectivity index (χ1) is 18.7. The summed E-state index contributed by atoms with van der Waals surface area (Å²) in [7, 11) is 1.58. The molecule has 2 aliphatic rings. The number of nitrogens with zero attached hydrogens (tertiary/aromatic N) is 2. The van der Waals surface area contributed by atoms with Gasteiger partial charge in [-0.15, -0.1) is 0 Å². The predicted molar refractivity (Wildman–Crippen MR) is 139 cm³/mol. The molecular weight excluding hydrogens is 509 g/mol. The van der Waals surface area contributed by atoms with E-state index in [1.807, 2.05) is 19.1 Å². The van der Waals surface area contributed by atoms with Crippen molar-refractivity contribution < 1.29 is 27.5 Å². The minimum absolute atomic E-state index is 0.0363. The Kier molecular flexibility index (Phi) is 7.45. The van der Waals surface area contributed by atoms with Crippen LogP contribution in [0.1, 0.15) is 57.5 Å². The average molecular weight is 539 g/mol. The minimum atomic E-state index is -1.06. The summed E-state index contributed by atoms with van der Waals surface area (Å²) in [5.74, 6) is -2.39. The Balaban J connectivity index is 1.20. The number of hydrogen-bond acceptors (Lipinski definition) is 5. The molecule has 0 saturated carbocycles. The van der Waals surface area contributed by atoms with E-state index in [0.29, 0.717) is 23.4 Å². The minimum Gasteiger partial charge on any atom is -0.496 e. The Bertz CT molecular complexity index is 1360. The Hall–Kier alpha value is -4.08. The van der Waals surface area contributed by atoms with Crippen LogP contribution in [-0.4, -0.2) is 42.0 Å². The van der Waals surface area contributed by atoms with Gasteiger partial charge in [0.05, 0.1) is 12.7 Å². The summed E-state index contributed by atoms with van der Waals surface area (Å²) in [6.07, 6.45) is 4.96. The van der Waals surface area contributed by atoms with Crippen LogP contribution in [0.25, 0.3) is 0 Å². The molecule has 204 valence electrons. The zero-order valence-electron chi connectivity index (χ0n) is 21.6. The second kappa shape index (κ2) is 11.0. The van der Waals surface area contributed by atoms with E-state index >= 15 is 0 Å². The fraction of sp³-hybridized carbons (Fsp3) is 0.345. The van der Waals surface area contributed by atoms with Crippen molar-refractivity contribution in [1.29, 1.82) is 0 Å². The first kappa shape index (κ1) is 26.5. The van der Waals surface area contributed by atoms with Crippen molar-refractivity contribution in [3.8, 4) is 5.75 Å². The number of fused-ring (bicyclic) bond motifs is 2. The molecule has 3 heterocycles. The van der Waals surface area contributed by atoms with E-state index in [0.717, 1.165) is 37.1 Å². The van der Waals surface area contributed by atoms with E-state index in [9.17, 15) is 22.8 Å². The normalized spacial score (nSPS) is 20.0. The number of halogens is 3. The largest absolute Gasteiger partial charge is 0.496 e. The van der Waals surface area contributed by atoms with Crippen LogP contribution in [0.2, 0.25) is 0 Å². The van der Waals surface area contributed by atoms with Gasteiger partial charge in [-0.1, -0.05) is 6.07 Å². The summed E-state index contributed by atoms with van der Waals surface area (Å²) in [6, 6.07) is 10.4. The zero-order chi connectivity index (χ0) is 27.7. The third-order valence-electron chi connectivity index (χ3n) is 7.62. The number of nitrogens with one attached hydrogen (secondary N) is 2. The number of aromatic nitrogens is 1. The third kappa shape index (κ3) is 5.41. The molecular formula is C29H29F3N4O3. The SMILES string of the molecule is COc1cccc(C(=O)NC2CC3CCC(C2)N3c2ccc(C(=O)NCc3c(F)cc(F)cc3F)cn2)c1C. The molecule has 2 aromatic carbocycles. The van der Waals surface area contributed by atoms with E-state index in [1.54, 1.807) is 25.3 Å². The lowest BCUT2D eigenvalue weighted by Crippen LogP contribution is -2.50. The summed E-state index contributed by atoms with van der Waals surface area (Å²) in [6.45, 7) is 1.45. The average Bonchev–Trinajstić information content (AvgIpc) is 3.18. The quantitative estimate of drug-likeness (QED) is 0.457. The lowest BCUT2D eigenvalue weighted by atomic mass is 9.96. The van der Waals surface area contributed by atoms with Crippen molar-refractivity contribution in [2.24, 2.45) is 0 Å². The standard InChI is InChI=1S/C29H29F3N4O3/c1-16-22(4-3-5-26(16)39-2)29(38)35-19-12-20-7-8-21(13-19)36(20)27-9-6-17(14-33-27)28(37)34-15-23-24(31)10-18(30)11-25(23)32/h3-6,9-11,14,19-21H,7-8,12-13,15H2,1-2H3,(H,34,37)(H,35,38). The van der Waals surface area contributed by atoms with E-state index in [1.165, 1.54) is 6.20 Å². The fourth-order valence-electron chi connectivity index (χ4n) is 5.70. The smallest absolute Gasteiger partial charge is 0.253 e. The number of methoxy groups -OCH3 is 1. The molecule has 0 aliphatic carbocycles. The fourth-order valence-corrected chi connectivity index (χ4v) is 5.70. The van der Waals surface area contributed by atoms with Crippen LogP contribution < -0.4 is 20.3 Å². The summed E-state index contributed by atoms with van der Waals surface area (Å²) < 4.78 is 46.2. The van der Waals surface area contributed by atoms with Gasteiger partial charge in [0.25, 0.3) is 11.8 Å². The molecule has 39 heavy (non-hydrogen) atoms. The number of carbonyl (C=O) groups is 2. The molecule has 2 fully saturated rings. The molecule has 3 aromatic rings. The second-order valence-corrected chi connectivity index (χ2v) is 10.0. The van der Waals surface area contributed by atoms with Crippen LogP contribution in [-0.2, 0) is 6.54 Å². The van der Waals surface area contributed by atoms with Crippen LogP contribution in [0.15, 0.2) is 48.7 Å². The van der Waals surface area contributed by atoms with Crippen molar-refractivity contribution in [3.63, 3.8) is 0 Å². The number of hydrogen-bond donors (Lipinski definition) is 2. The van der Waals surface area contributed by atoms with Crippen LogP contribution in [0.4, 0.5) is 19.0 Å². The van der Waals surface area contributed by atoms with Crippen molar-refractivity contribution in [2.45, 2.75) is 57.3 Å². The van der Waals surface area contributed by atoms with Gasteiger partial charge in [0.15, 0.2) is 0 Å². The number of rotatable bonds is 7. The molecule has 2 aliphatic heterocycles. The Morgan fingerprint density at radius 1 is 1.03 bits per heavy atom. The molecule has 2 saturated heterocycles. The number of carbonyl (C=O) groups excluding carboxylic acids is 2. The molecule has 5 rings (SSSR count). The molecule has 10 heteroatoms. The van der Waals surface area contributed by atoms with Gasteiger partial charge in [0.2, 0.25) is 0 Å². The predicted octanol–water partition coefficient (Wildman–Crippen LogP) is 4.68.